The normalized spacial score (nSPS) is 20.6. The van der Waals surface area contributed by atoms with Crippen molar-refractivity contribution in [2.45, 2.75) is 23.7 Å². The zero-order chi connectivity index (χ0) is 23.9. The molecule has 2 saturated heterocycles. The van der Waals surface area contributed by atoms with E-state index in [1.165, 1.54) is 16.4 Å². The minimum Gasteiger partial charge on any atom is -0.365 e. The van der Waals surface area contributed by atoms with Crippen LogP contribution in [-0.2, 0) is 10.0 Å². The predicted octanol–water partition coefficient (Wildman–Crippen LogP) is 1.96. The van der Waals surface area contributed by atoms with E-state index in [1.54, 1.807) is 6.07 Å². The summed E-state index contributed by atoms with van der Waals surface area (Å²) in [6.45, 7) is 3.19. The maximum Gasteiger partial charge on any atom is 0.293 e. The standard InChI is InChI=1S/C22H27N7O4S/c1-25-11-13-27(14-12-25)34(32,33)18-7-8-19(20(15-18)29(30)31)26-9-4-5-17(16-26)22-24-23-21-6-2-3-10-28(21)22/h2-3,6-8,10,15,17H,4-5,9,11-14,16H2,1H3. The number of likely N-dealkylation sites (N-methyl/N-ethyl adjacent to an activating group) is 1. The SMILES string of the molecule is CN1CCN(S(=O)(=O)c2ccc(N3CCCC(c4nnc5ccccn45)C3)c([N+](=O)[O-])c2)CC1. The molecule has 11 nitrogen and oxygen atoms in total. The number of fused-ring (bicyclic) bond motifs is 1. The van der Waals surface area contributed by atoms with Crippen molar-refractivity contribution in [1.82, 2.24) is 23.8 Å². The molecule has 2 aromatic heterocycles. The molecule has 0 saturated carbocycles. The van der Waals surface area contributed by atoms with E-state index in [2.05, 4.69) is 15.1 Å². The first kappa shape index (κ1) is 22.7. The van der Waals surface area contributed by atoms with Crippen LogP contribution in [0.1, 0.15) is 24.6 Å². The summed E-state index contributed by atoms with van der Waals surface area (Å²) < 4.78 is 29.6. The van der Waals surface area contributed by atoms with E-state index in [9.17, 15) is 18.5 Å². The Kier molecular flexibility index (Phi) is 5.96. The maximum atomic E-state index is 13.1. The lowest BCUT2D eigenvalue weighted by Gasteiger charge is -2.34. The van der Waals surface area contributed by atoms with Gasteiger partial charge < -0.3 is 9.80 Å². The Morgan fingerprint density at radius 2 is 1.85 bits per heavy atom. The number of nitro benzene ring substituents is 1. The zero-order valence-electron chi connectivity index (χ0n) is 18.9. The number of benzene rings is 1. The van der Waals surface area contributed by atoms with Crippen molar-refractivity contribution in [2.24, 2.45) is 0 Å². The van der Waals surface area contributed by atoms with Crippen LogP contribution in [0.3, 0.4) is 0 Å². The van der Waals surface area contributed by atoms with E-state index in [-0.39, 0.29) is 16.5 Å². The Hall–Kier alpha value is -3.09. The van der Waals surface area contributed by atoms with Gasteiger partial charge in [-0.1, -0.05) is 6.07 Å². The lowest BCUT2D eigenvalue weighted by molar-refractivity contribution is -0.384. The number of rotatable bonds is 5. The molecule has 0 radical (unpaired) electrons. The highest BCUT2D eigenvalue weighted by Gasteiger charge is 2.32. The van der Waals surface area contributed by atoms with E-state index >= 15 is 0 Å². The Labute approximate surface area is 197 Å². The average molecular weight is 486 g/mol. The number of nitro groups is 1. The topological polar surface area (TPSA) is 117 Å². The van der Waals surface area contributed by atoms with E-state index in [0.29, 0.717) is 45.0 Å². The third-order valence-electron chi connectivity index (χ3n) is 6.71. The second-order valence-electron chi connectivity index (χ2n) is 8.89. The Bertz CT molecular complexity index is 1320. The van der Waals surface area contributed by atoms with Crippen LogP contribution in [0.2, 0.25) is 0 Å². The number of piperidine rings is 1. The fourth-order valence-corrected chi connectivity index (χ4v) is 6.24. The van der Waals surface area contributed by atoms with Gasteiger partial charge in [0.25, 0.3) is 5.69 Å². The first-order valence-corrected chi connectivity index (χ1v) is 12.8. The molecule has 2 fully saturated rings. The third kappa shape index (κ3) is 4.12. The number of nitrogens with zero attached hydrogens (tertiary/aromatic N) is 7. The summed E-state index contributed by atoms with van der Waals surface area (Å²) in [6, 6.07) is 9.99. The van der Waals surface area contributed by atoms with Crippen molar-refractivity contribution in [2.75, 3.05) is 51.2 Å². The number of piperazine rings is 1. The van der Waals surface area contributed by atoms with Crippen molar-refractivity contribution in [3.8, 4) is 0 Å². The van der Waals surface area contributed by atoms with Gasteiger partial charge in [0.1, 0.15) is 11.5 Å². The van der Waals surface area contributed by atoms with Crippen LogP contribution in [0.15, 0.2) is 47.5 Å². The van der Waals surface area contributed by atoms with Crippen molar-refractivity contribution in [1.29, 1.82) is 0 Å². The van der Waals surface area contributed by atoms with Crippen LogP contribution in [-0.4, -0.2) is 83.5 Å². The molecule has 0 amide bonds. The van der Waals surface area contributed by atoms with Crippen LogP contribution >= 0.6 is 0 Å². The van der Waals surface area contributed by atoms with Crippen molar-refractivity contribution in [3.05, 3.63) is 58.5 Å². The molecule has 2 aliphatic heterocycles. The molecule has 0 N–H and O–H groups in total. The van der Waals surface area contributed by atoms with Gasteiger partial charge in [-0.2, -0.15) is 4.31 Å². The molecule has 0 aliphatic carbocycles. The van der Waals surface area contributed by atoms with Gasteiger partial charge in [-0.15, -0.1) is 10.2 Å². The van der Waals surface area contributed by atoms with Crippen molar-refractivity contribution >= 4 is 27.0 Å². The number of hydrogen-bond acceptors (Lipinski definition) is 8. The van der Waals surface area contributed by atoms with E-state index in [4.69, 9.17) is 0 Å². The fraction of sp³-hybridized carbons (Fsp3) is 0.455. The average Bonchev–Trinajstić information content (AvgIpc) is 3.28. The molecule has 1 aromatic carbocycles. The van der Waals surface area contributed by atoms with Crippen LogP contribution in [0.5, 0.6) is 0 Å². The second-order valence-corrected chi connectivity index (χ2v) is 10.8. The van der Waals surface area contributed by atoms with Crippen LogP contribution in [0.25, 0.3) is 5.65 Å². The molecule has 0 spiro atoms. The van der Waals surface area contributed by atoms with E-state index < -0.39 is 14.9 Å². The summed E-state index contributed by atoms with van der Waals surface area (Å²) in [7, 11) is -1.86. The monoisotopic (exact) mass is 485 g/mol. The molecule has 4 heterocycles. The van der Waals surface area contributed by atoms with Gasteiger partial charge in [-0.25, -0.2) is 8.42 Å². The maximum absolute atomic E-state index is 13.1. The number of aromatic nitrogens is 3. The minimum atomic E-state index is -3.80. The highest BCUT2D eigenvalue weighted by Crippen LogP contribution is 2.36. The number of pyridine rings is 1. The smallest absolute Gasteiger partial charge is 0.293 e. The summed E-state index contributed by atoms with van der Waals surface area (Å²) >= 11 is 0. The summed E-state index contributed by atoms with van der Waals surface area (Å²) in [5.41, 5.74) is 1.00. The Morgan fingerprint density at radius 1 is 1.06 bits per heavy atom. The molecule has 0 bridgehead atoms. The first-order valence-electron chi connectivity index (χ1n) is 11.4. The fourth-order valence-electron chi connectivity index (χ4n) is 4.80. The van der Waals surface area contributed by atoms with Gasteiger partial charge in [0.15, 0.2) is 5.65 Å². The lowest BCUT2D eigenvalue weighted by Crippen LogP contribution is -2.47. The predicted molar refractivity (Wildman–Crippen MR) is 127 cm³/mol. The number of sulfonamides is 1. The van der Waals surface area contributed by atoms with Gasteiger partial charge >= 0.3 is 0 Å². The van der Waals surface area contributed by atoms with Crippen LogP contribution in [0.4, 0.5) is 11.4 Å². The molecule has 180 valence electrons. The quantitative estimate of drug-likeness (QED) is 0.398. The van der Waals surface area contributed by atoms with E-state index in [0.717, 1.165) is 24.3 Å². The molecule has 5 rings (SSSR count). The van der Waals surface area contributed by atoms with Gasteiger partial charge in [0, 0.05) is 57.4 Å². The summed E-state index contributed by atoms with van der Waals surface area (Å²) in [4.78, 5) is 15.5. The van der Waals surface area contributed by atoms with Gasteiger partial charge in [0.05, 0.1) is 9.82 Å². The van der Waals surface area contributed by atoms with Crippen LogP contribution in [0, 0.1) is 10.1 Å². The largest absolute Gasteiger partial charge is 0.365 e. The third-order valence-corrected chi connectivity index (χ3v) is 8.61. The molecule has 12 heteroatoms. The molecule has 2 aliphatic rings. The zero-order valence-corrected chi connectivity index (χ0v) is 19.8. The van der Waals surface area contributed by atoms with E-state index in [1.807, 2.05) is 40.7 Å². The summed E-state index contributed by atoms with van der Waals surface area (Å²) in [6.07, 6.45) is 3.66. The number of anilines is 1. The van der Waals surface area contributed by atoms with Gasteiger partial charge in [-0.05, 0) is 44.2 Å². The van der Waals surface area contributed by atoms with Gasteiger partial charge in [0.2, 0.25) is 10.0 Å². The molecule has 1 atom stereocenters. The summed E-state index contributed by atoms with van der Waals surface area (Å²) in [5.74, 6) is 0.886. The molecular formula is C22H27N7O4S. The number of hydrogen-bond donors (Lipinski definition) is 0. The van der Waals surface area contributed by atoms with Crippen LogP contribution < -0.4 is 4.90 Å². The van der Waals surface area contributed by atoms with Crippen molar-refractivity contribution < 1.29 is 13.3 Å². The molecule has 34 heavy (non-hydrogen) atoms. The first-order chi connectivity index (χ1) is 16.3. The Balaban J connectivity index is 1.43. The van der Waals surface area contributed by atoms with Gasteiger partial charge in [-0.3, -0.25) is 14.5 Å². The highest BCUT2D eigenvalue weighted by atomic mass is 32.2. The highest BCUT2D eigenvalue weighted by molar-refractivity contribution is 7.89. The van der Waals surface area contributed by atoms with Crippen molar-refractivity contribution in [3.63, 3.8) is 0 Å². The summed E-state index contributed by atoms with van der Waals surface area (Å²) in [5, 5.41) is 20.6. The second kappa shape index (κ2) is 8.93. The lowest BCUT2D eigenvalue weighted by atomic mass is 9.96. The molecule has 1 unspecified atom stereocenters. The minimum absolute atomic E-state index is 0.0375. The molecular weight excluding hydrogens is 458 g/mol. The Morgan fingerprint density at radius 3 is 2.62 bits per heavy atom. The molecule has 3 aromatic rings.